The molecule has 0 aliphatic heterocycles. The van der Waals surface area contributed by atoms with E-state index in [1.54, 1.807) is 0 Å². The maximum Gasteiger partial charge on any atom is 0.422 e. The van der Waals surface area contributed by atoms with Crippen molar-refractivity contribution in [3.63, 3.8) is 0 Å². The molecule has 0 saturated heterocycles. The predicted molar refractivity (Wildman–Crippen MR) is 80.4 cm³/mol. The van der Waals surface area contributed by atoms with Gasteiger partial charge < -0.3 is 19.5 Å². The van der Waals surface area contributed by atoms with E-state index in [0.29, 0.717) is 6.08 Å². The smallest absolute Gasteiger partial charge is 0.422 e. The lowest BCUT2D eigenvalue weighted by Crippen LogP contribution is -2.19. The Balaban J connectivity index is 3.21. The summed E-state index contributed by atoms with van der Waals surface area (Å²) in [6.45, 7) is -1.67. The summed E-state index contributed by atoms with van der Waals surface area (Å²) in [5, 5.41) is 13.3. The normalized spacial score (nSPS) is 11.5. The first-order chi connectivity index (χ1) is 12.1. The van der Waals surface area contributed by atoms with Crippen molar-refractivity contribution < 1.29 is 41.9 Å². The van der Waals surface area contributed by atoms with Gasteiger partial charge in [-0.05, 0) is 0 Å². The van der Waals surface area contributed by atoms with Gasteiger partial charge in [-0.25, -0.2) is 9.59 Å². The van der Waals surface area contributed by atoms with Crippen molar-refractivity contribution in [2.24, 2.45) is 0 Å². The Bertz CT molecular complexity index is 732. The SMILES string of the molecule is COC(=O)/C=C(/Nc1cc(OCC(F)(F)F)cc([N+](=O)[O-])c1)C(=O)OC. The van der Waals surface area contributed by atoms with Crippen LogP contribution >= 0.6 is 0 Å². The van der Waals surface area contributed by atoms with E-state index in [1.807, 2.05) is 0 Å². The third kappa shape index (κ3) is 6.67. The van der Waals surface area contributed by atoms with E-state index in [0.717, 1.165) is 32.4 Å². The van der Waals surface area contributed by atoms with Crippen molar-refractivity contribution in [3.05, 3.63) is 40.1 Å². The van der Waals surface area contributed by atoms with Gasteiger partial charge >= 0.3 is 18.1 Å². The molecule has 0 aliphatic rings. The number of anilines is 1. The van der Waals surface area contributed by atoms with Crippen LogP contribution < -0.4 is 10.1 Å². The topological polar surface area (TPSA) is 117 Å². The maximum atomic E-state index is 12.2. The van der Waals surface area contributed by atoms with Crippen LogP contribution in [0.15, 0.2) is 30.0 Å². The molecule has 0 spiro atoms. The Kier molecular flexibility index (Phi) is 6.93. The Labute approximate surface area is 144 Å². The van der Waals surface area contributed by atoms with E-state index in [2.05, 4.69) is 19.5 Å². The number of hydrogen-bond donors (Lipinski definition) is 1. The number of carbonyl (C=O) groups is 2. The van der Waals surface area contributed by atoms with E-state index in [9.17, 15) is 32.9 Å². The van der Waals surface area contributed by atoms with Crippen LogP contribution in [0.1, 0.15) is 0 Å². The number of methoxy groups -OCH3 is 2. The van der Waals surface area contributed by atoms with Crippen molar-refractivity contribution in [3.8, 4) is 5.75 Å². The standard InChI is InChI=1S/C14H13F3N2O7/c1-24-12(20)6-11(13(21)25-2)18-8-3-9(19(22)23)5-10(4-8)26-7-14(15,16)17/h3-6,18H,7H2,1-2H3/b11-6+. The molecule has 12 heteroatoms. The number of rotatable bonds is 7. The van der Waals surface area contributed by atoms with E-state index >= 15 is 0 Å². The number of carbonyl (C=O) groups excluding carboxylic acids is 2. The van der Waals surface area contributed by atoms with Crippen molar-refractivity contribution in [2.45, 2.75) is 6.18 Å². The molecule has 142 valence electrons. The van der Waals surface area contributed by atoms with Crippen LogP contribution in [0, 0.1) is 10.1 Å². The number of nitrogens with zero attached hydrogens (tertiary/aromatic N) is 1. The zero-order valence-corrected chi connectivity index (χ0v) is 13.5. The average Bonchev–Trinajstić information content (AvgIpc) is 2.57. The van der Waals surface area contributed by atoms with Gasteiger partial charge in [-0.15, -0.1) is 0 Å². The molecule has 0 heterocycles. The van der Waals surface area contributed by atoms with E-state index in [-0.39, 0.29) is 5.69 Å². The molecular weight excluding hydrogens is 365 g/mol. The van der Waals surface area contributed by atoms with Crippen LogP contribution in [0.2, 0.25) is 0 Å². The van der Waals surface area contributed by atoms with Crippen LogP contribution in [-0.2, 0) is 19.1 Å². The van der Waals surface area contributed by atoms with Crippen molar-refractivity contribution in [2.75, 3.05) is 26.1 Å². The second-order valence-corrected chi connectivity index (χ2v) is 4.57. The quantitative estimate of drug-likeness (QED) is 0.332. The van der Waals surface area contributed by atoms with Gasteiger partial charge in [-0.1, -0.05) is 0 Å². The molecule has 1 aromatic rings. The first-order valence-electron chi connectivity index (χ1n) is 6.69. The maximum absolute atomic E-state index is 12.2. The van der Waals surface area contributed by atoms with Gasteiger partial charge in [-0.2, -0.15) is 13.2 Å². The summed E-state index contributed by atoms with van der Waals surface area (Å²) in [7, 11) is 2.06. The largest absolute Gasteiger partial charge is 0.484 e. The fraction of sp³-hybridized carbons (Fsp3) is 0.286. The number of halogens is 3. The highest BCUT2D eigenvalue weighted by molar-refractivity contribution is 5.98. The summed E-state index contributed by atoms with van der Waals surface area (Å²) in [6, 6.07) is 2.68. The van der Waals surface area contributed by atoms with Crippen molar-refractivity contribution in [1.29, 1.82) is 0 Å². The number of nitro benzene ring substituents is 1. The lowest BCUT2D eigenvalue weighted by atomic mass is 10.2. The fourth-order valence-electron chi connectivity index (χ4n) is 1.60. The number of nitro groups is 1. The number of ether oxygens (including phenoxy) is 3. The number of alkyl halides is 3. The van der Waals surface area contributed by atoms with Gasteiger partial charge in [0.05, 0.1) is 31.3 Å². The highest BCUT2D eigenvalue weighted by Crippen LogP contribution is 2.28. The molecule has 0 aliphatic carbocycles. The highest BCUT2D eigenvalue weighted by Gasteiger charge is 2.29. The molecule has 0 radical (unpaired) electrons. The fourth-order valence-corrected chi connectivity index (χ4v) is 1.60. The Morgan fingerprint density at radius 2 is 1.88 bits per heavy atom. The molecule has 0 unspecified atom stereocenters. The minimum absolute atomic E-state index is 0.183. The van der Waals surface area contributed by atoms with Crippen LogP contribution in [0.3, 0.4) is 0 Å². The molecule has 1 rings (SSSR count). The molecule has 1 N–H and O–H groups in total. The Morgan fingerprint density at radius 3 is 2.38 bits per heavy atom. The molecule has 26 heavy (non-hydrogen) atoms. The van der Waals surface area contributed by atoms with Crippen LogP contribution in [0.4, 0.5) is 24.5 Å². The van der Waals surface area contributed by atoms with E-state index in [1.165, 1.54) is 0 Å². The number of non-ortho nitro benzene ring substituents is 1. The lowest BCUT2D eigenvalue weighted by molar-refractivity contribution is -0.384. The van der Waals surface area contributed by atoms with Crippen molar-refractivity contribution >= 4 is 23.3 Å². The van der Waals surface area contributed by atoms with Crippen LogP contribution in [-0.4, -0.2) is 43.9 Å². The van der Waals surface area contributed by atoms with Gasteiger partial charge in [0.2, 0.25) is 0 Å². The number of esters is 2. The second kappa shape index (κ2) is 8.69. The third-order valence-electron chi connectivity index (χ3n) is 2.65. The Morgan fingerprint density at radius 1 is 1.23 bits per heavy atom. The van der Waals surface area contributed by atoms with E-state index < -0.39 is 46.8 Å². The molecular formula is C14H13F3N2O7. The third-order valence-corrected chi connectivity index (χ3v) is 2.65. The molecule has 9 nitrogen and oxygen atoms in total. The number of nitrogens with one attached hydrogen (secondary N) is 1. The molecule has 0 atom stereocenters. The highest BCUT2D eigenvalue weighted by atomic mass is 19.4. The van der Waals surface area contributed by atoms with Gasteiger partial charge in [-0.3, -0.25) is 10.1 Å². The number of benzene rings is 1. The molecule has 0 amide bonds. The summed E-state index contributed by atoms with van der Waals surface area (Å²) in [5.41, 5.74) is -1.24. The monoisotopic (exact) mass is 378 g/mol. The predicted octanol–water partition coefficient (Wildman–Crippen LogP) is 2.18. The number of hydrogen-bond acceptors (Lipinski definition) is 8. The summed E-state index contributed by atoms with van der Waals surface area (Å²) >= 11 is 0. The average molecular weight is 378 g/mol. The van der Waals surface area contributed by atoms with Gasteiger partial charge in [0.15, 0.2) is 6.61 Å². The molecule has 0 aromatic heterocycles. The zero-order chi connectivity index (χ0) is 19.9. The van der Waals surface area contributed by atoms with Crippen LogP contribution in [0.25, 0.3) is 0 Å². The first kappa shape index (κ1) is 20.7. The van der Waals surface area contributed by atoms with Crippen molar-refractivity contribution in [1.82, 2.24) is 0 Å². The zero-order valence-electron chi connectivity index (χ0n) is 13.5. The summed E-state index contributed by atoms with van der Waals surface area (Å²) in [5.74, 6) is -2.42. The minimum Gasteiger partial charge on any atom is -0.484 e. The van der Waals surface area contributed by atoms with E-state index in [4.69, 9.17) is 0 Å². The van der Waals surface area contributed by atoms with Gasteiger partial charge in [0.25, 0.3) is 5.69 Å². The molecule has 1 aromatic carbocycles. The summed E-state index contributed by atoms with van der Waals surface area (Å²) < 4.78 is 50.0. The van der Waals surface area contributed by atoms with Gasteiger partial charge in [0, 0.05) is 17.8 Å². The second-order valence-electron chi connectivity index (χ2n) is 4.57. The Hall–Kier alpha value is -3.31. The van der Waals surface area contributed by atoms with Gasteiger partial charge in [0.1, 0.15) is 11.4 Å². The molecule has 0 bridgehead atoms. The minimum atomic E-state index is -4.65. The summed E-state index contributed by atoms with van der Waals surface area (Å²) in [6.07, 6.45) is -3.94. The molecule has 0 fully saturated rings. The first-order valence-corrected chi connectivity index (χ1v) is 6.69. The molecule has 0 saturated carbocycles. The van der Waals surface area contributed by atoms with Crippen LogP contribution in [0.5, 0.6) is 5.75 Å². The summed E-state index contributed by atoms with van der Waals surface area (Å²) in [4.78, 5) is 33.0. The lowest BCUT2D eigenvalue weighted by Gasteiger charge is -2.12.